The standard InChI is InChI=1S/C25H32N4O3/c30-23(10-3-9-22-26-25(27-32-22)21-8-5-13-31-21)29-12-4-6-17-14-18-15-19(24(17)29)16-28-11-2-1-7-20(18)28/h5,8,13-14,18-20,24H,1-4,6-7,9-12,15-16H2/t18-,19+,20+,24+/m0/s1. The Kier molecular flexibility index (Phi) is 5.37. The van der Waals surface area contributed by atoms with Crippen LogP contribution in [0.5, 0.6) is 0 Å². The molecule has 32 heavy (non-hydrogen) atoms. The van der Waals surface area contributed by atoms with E-state index in [4.69, 9.17) is 8.94 Å². The average molecular weight is 437 g/mol. The van der Waals surface area contributed by atoms with E-state index in [-0.39, 0.29) is 5.91 Å². The number of likely N-dealkylation sites (tertiary alicyclic amines) is 1. The van der Waals surface area contributed by atoms with Gasteiger partial charge in [0.15, 0.2) is 5.76 Å². The van der Waals surface area contributed by atoms with Gasteiger partial charge in [0.1, 0.15) is 0 Å². The first-order valence-electron chi connectivity index (χ1n) is 12.4. The summed E-state index contributed by atoms with van der Waals surface area (Å²) in [6, 6.07) is 4.69. The van der Waals surface area contributed by atoms with Crippen LogP contribution in [0.25, 0.3) is 11.6 Å². The van der Waals surface area contributed by atoms with Gasteiger partial charge in [-0.15, -0.1) is 0 Å². The number of fused-ring (bicyclic) bond motifs is 6. The Hall–Kier alpha value is -2.41. The highest BCUT2D eigenvalue weighted by Crippen LogP contribution is 2.45. The minimum absolute atomic E-state index is 0.283. The van der Waals surface area contributed by atoms with Crippen LogP contribution in [0.2, 0.25) is 0 Å². The Labute approximate surface area is 188 Å². The van der Waals surface area contributed by atoms with Gasteiger partial charge in [-0.2, -0.15) is 4.98 Å². The summed E-state index contributed by atoms with van der Waals surface area (Å²) < 4.78 is 10.7. The number of carbonyl (C=O) groups excluding carboxylic acids is 1. The van der Waals surface area contributed by atoms with Crippen molar-refractivity contribution in [1.29, 1.82) is 0 Å². The summed E-state index contributed by atoms with van der Waals surface area (Å²) in [4.78, 5) is 22.6. The van der Waals surface area contributed by atoms with E-state index in [0.717, 1.165) is 25.4 Å². The highest BCUT2D eigenvalue weighted by atomic mass is 16.5. The van der Waals surface area contributed by atoms with Gasteiger partial charge in [-0.25, -0.2) is 0 Å². The van der Waals surface area contributed by atoms with Gasteiger partial charge >= 0.3 is 0 Å². The zero-order valence-corrected chi connectivity index (χ0v) is 18.6. The summed E-state index contributed by atoms with van der Waals surface area (Å²) in [6.07, 6.45) is 13.6. The minimum atomic E-state index is 0.283. The van der Waals surface area contributed by atoms with Crippen LogP contribution < -0.4 is 0 Å². The van der Waals surface area contributed by atoms with Gasteiger partial charge in [0.25, 0.3) is 0 Å². The van der Waals surface area contributed by atoms with E-state index >= 15 is 0 Å². The summed E-state index contributed by atoms with van der Waals surface area (Å²) >= 11 is 0. The van der Waals surface area contributed by atoms with Crippen LogP contribution in [-0.2, 0) is 11.2 Å². The SMILES string of the molecule is O=C(CCCc1nc(-c2ccco2)no1)N1CCCC2=C[C@H]3C[C@H](CN4CCCC[C@H]34)[C@@H]21. The Morgan fingerprint density at radius 3 is 3.09 bits per heavy atom. The number of nitrogens with zero attached hydrogens (tertiary/aromatic N) is 4. The van der Waals surface area contributed by atoms with E-state index in [2.05, 4.69) is 26.0 Å². The van der Waals surface area contributed by atoms with Gasteiger partial charge in [0.2, 0.25) is 17.6 Å². The maximum Gasteiger partial charge on any atom is 0.238 e. The van der Waals surface area contributed by atoms with Crippen molar-refractivity contribution in [2.75, 3.05) is 19.6 Å². The van der Waals surface area contributed by atoms with Crippen LogP contribution in [0.15, 0.2) is 39.0 Å². The molecule has 170 valence electrons. The molecule has 3 aliphatic heterocycles. The van der Waals surface area contributed by atoms with Crippen molar-refractivity contribution < 1.29 is 13.7 Å². The van der Waals surface area contributed by atoms with Crippen LogP contribution in [0.3, 0.4) is 0 Å². The third-order valence-corrected chi connectivity index (χ3v) is 7.97. The molecular formula is C25H32N4O3. The lowest BCUT2D eigenvalue weighted by Crippen LogP contribution is -2.60. The molecule has 0 N–H and O–H groups in total. The molecule has 2 aromatic rings. The van der Waals surface area contributed by atoms with E-state index in [9.17, 15) is 4.79 Å². The quantitative estimate of drug-likeness (QED) is 0.658. The number of aryl methyl sites for hydroxylation is 1. The van der Waals surface area contributed by atoms with E-state index < -0.39 is 0 Å². The molecule has 0 saturated carbocycles. The van der Waals surface area contributed by atoms with Crippen molar-refractivity contribution in [2.45, 2.75) is 69.9 Å². The zero-order valence-electron chi connectivity index (χ0n) is 18.6. The minimum Gasteiger partial charge on any atom is -0.461 e. The van der Waals surface area contributed by atoms with Crippen molar-refractivity contribution in [3.63, 3.8) is 0 Å². The summed E-state index contributed by atoms with van der Waals surface area (Å²) in [7, 11) is 0. The van der Waals surface area contributed by atoms with Gasteiger partial charge in [-0.1, -0.05) is 23.2 Å². The van der Waals surface area contributed by atoms with Gasteiger partial charge in [-0.05, 0) is 69.0 Å². The maximum absolute atomic E-state index is 13.3. The highest BCUT2D eigenvalue weighted by molar-refractivity contribution is 5.77. The smallest absolute Gasteiger partial charge is 0.238 e. The molecule has 4 aliphatic rings. The van der Waals surface area contributed by atoms with E-state index in [1.165, 1.54) is 45.2 Å². The fourth-order valence-corrected chi connectivity index (χ4v) is 6.65. The molecule has 1 amide bonds. The molecule has 2 aromatic heterocycles. The molecule has 7 nitrogen and oxygen atoms in total. The second-order valence-corrected chi connectivity index (χ2v) is 9.94. The first kappa shape index (κ1) is 20.2. The molecule has 6 rings (SSSR count). The van der Waals surface area contributed by atoms with Gasteiger partial charge in [-0.3, -0.25) is 9.69 Å². The first-order chi connectivity index (χ1) is 15.8. The Morgan fingerprint density at radius 1 is 1.22 bits per heavy atom. The number of piperidine rings is 3. The number of aromatic nitrogens is 2. The molecule has 3 fully saturated rings. The second kappa shape index (κ2) is 8.50. The lowest BCUT2D eigenvalue weighted by atomic mass is 9.68. The van der Waals surface area contributed by atoms with E-state index in [0.29, 0.717) is 48.2 Å². The largest absolute Gasteiger partial charge is 0.461 e. The fraction of sp³-hybridized carbons (Fsp3) is 0.640. The zero-order chi connectivity index (χ0) is 21.5. The number of rotatable bonds is 5. The normalized spacial score (nSPS) is 29.9. The first-order valence-corrected chi connectivity index (χ1v) is 12.4. The van der Waals surface area contributed by atoms with Crippen molar-refractivity contribution in [2.24, 2.45) is 11.8 Å². The lowest BCUT2D eigenvalue weighted by Gasteiger charge is -2.54. The molecule has 0 unspecified atom stereocenters. The summed E-state index contributed by atoms with van der Waals surface area (Å²) in [6.45, 7) is 3.31. The van der Waals surface area contributed by atoms with Gasteiger partial charge in [0.05, 0.1) is 12.3 Å². The second-order valence-electron chi connectivity index (χ2n) is 9.94. The van der Waals surface area contributed by atoms with E-state index in [1.54, 1.807) is 17.9 Å². The van der Waals surface area contributed by atoms with Crippen molar-refractivity contribution in [1.82, 2.24) is 19.9 Å². The van der Waals surface area contributed by atoms with Crippen LogP contribution in [-0.4, -0.2) is 57.6 Å². The van der Waals surface area contributed by atoms with Crippen molar-refractivity contribution in [3.05, 3.63) is 35.9 Å². The number of hydrogen-bond acceptors (Lipinski definition) is 6. The molecule has 4 atom stereocenters. The average Bonchev–Trinajstić information content (AvgIpc) is 3.51. The van der Waals surface area contributed by atoms with Crippen LogP contribution in [0, 0.1) is 11.8 Å². The fourth-order valence-electron chi connectivity index (χ4n) is 6.65. The Bertz CT molecular complexity index is 981. The van der Waals surface area contributed by atoms with Crippen LogP contribution >= 0.6 is 0 Å². The summed E-state index contributed by atoms with van der Waals surface area (Å²) in [5.41, 5.74) is 1.55. The number of amides is 1. The van der Waals surface area contributed by atoms with E-state index in [1.807, 2.05) is 6.07 Å². The number of carbonyl (C=O) groups is 1. The lowest BCUT2D eigenvalue weighted by molar-refractivity contribution is -0.136. The van der Waals surface area contributed by atoms with Gasteiger partial charge < -0.3 is 13.8 Å². The third-order valence-electron chi connectivity index (χ3n) is 7.97. The molecule has 0 spiro atoms. The molecule has 0 aromatic carbocycles. The predicted molar refractivity (Wildman–Crippen MR) is 119 cm³/mol. The van der Waals surface area contributed by atoms with Crippen LogP contribution in [0.4, 0.5) is 0 Å². The molecule has 1 aliphatic carbocycles. The topological polar surface area (TPSA) is 75.6 Å². The Morgan fingerprint density at radius 2 is 2.19 bits per heavy atom. The molecule has 2 bridgehead atoms. The summed E-state index contributed by atoms with van der Waals surface area (Å²) in [5.74, 6) is 3.22. The third kappa shape index (κ3) is 3.70. The summed E-state index contributed by atoms with van der Waals surface area (Å²) in [5, 5.41) is 3.98. The maximum atomic E-state index is 13.3. The monoisotopic (exact) mass is 436 g/mol. The highest BCUT2D eigenvalue weighted by Gasteiger charge is 2.46. The van der Waals surface area contributed by atoms with Gasteiger partial charge in [0, 0.05) is 32.0 Å². The molecule has 7 heteroatoms. The van der Waals surface area contributed by atoms with Crippen molar-refractivity contribution in [3.8, 4) is 11.6 Å². The molecule has 0 radical (unpaired) electrons. The van der Waals surface area contributed by atoms with Crippen molar-refractivity contribution >= 4 is 5.91 Å². The number of hydrogen-bond donors (Lipinski definition) is 0. The molecule has 3 saturated heterocycles. The number of furan rings is 1. The predicted octanol–water partition coefficient (Wildman–Crippen LogP) is 4.07. The molecular weight excluding hydrogens is 404 g/mol. The molecule has 5 heterocycles. The Balaban J connectivity index is 1.10. The van der Waals surface area contributed by atoms with Crippen LogP contribution in [0.1, 0.15) is 57.3 Å².